The van der Waals surface area contributed by atoms with E-state index < -0.39 is 5.97 Å². The average Bonchev–Trinajstić information content (AvgIpc) is 3.54. The monoisotopic (exact) mass is 385 g/mol. The fourth-order valence-corrected chi connectivity index (χ4v) is 3.27. The summed E-state index contributed by atoms with van der Waals surface area (Å²) in [5, 5.41) is 15.7. The number of aromatic carboxylic acids is 1. The number of carboxylic acids is 1. The van der Waals surface area contributed by atoms with Crippen molar-refractivity contribution in [1.82, 2.24) is 10.3 Å². The van der Waals surface area contributed by atoms with Crippen LogP contribution in [0.4, 0.5) is 11.5 Å². The molecule has 6 nitrogen and oxygen atoms in total. The molecule has 2 saturated carbocycles. The summed E-state index contributed by atoms with van der Waals surface area (Å²) >= 11 is 6.45. The van der Waals surface area contributed by atoms with Crippen LogP contribution in [0.1, 0.15) is 64.8 Å². The van der Waals surface area contributed by atoms with Gasteiger partial charge >= 0.3 is 5.97 Å². The van der Waals surface area contributed by atoms with E-state index in [2.05, 4.69) is 15.6 Å². The van der Waals surface area contributed by atoms with Gasteiger partial charge < -0.3 is 15.7 Å². The van der Waals surface area contributed by atoms with Gasteiger partial charge in [-0.2, -0.15) is 0 Å². The molecule has 0 aliphatic heterocycles. The maximum Gasteiger partial charge on any atom is 0.335 e. The van der Waals surface area contributed by atoms with Gasteiger partial charge in [0.25, 0.3) is 5.91 Å². The van der Waals surface area contributed by atoms with Crippen LogP contribution in [0, 0.1) is 0 Å². The molecule has 4 rings (SSSR count). The molecule has 140 valence electrons. The van der Waals surface area contributed by atoms with E-state index in [4.69, 9.17) is 11.6 Å². The smallest absolute Gasteiger partial charge is 0.335 e. The highest BCUT2D eigenvalue weighted by molar-refractivity contribution is 6.36. The van der Waals surface area contributed by atoms with Gasteiger partial charge in [0.1, 0.15) is 5.82 Å². The van der Waals surface area contributed by atoms with Crippen LogP contribution in [0.2, 0.25) is 5.02 Å². The normalized spacial score (nSPS) is 17.3. The number of halogens is 1. The lowest BCUT2D eigenvalue weighted by atomic mass is 10.0. The first-order valence-corrected chi connectivity index (χ1v) is 9.35. The number of nitrogens with one attached hydrogen (secondary N) is 2. The molecule has 0 bridgehead atoms. The molecule has 1 aromatic heterocycles. The minimum absolute atomic E-state index is 0.136. The molecule has 0 spiro atoms. The SMILES string of the molecule is CC1(NC(=O)c2ccnc(Nc3ccc(C(=O)O)cc3C3CC3)c2Cl)CC1. The van der Waals surface area contributed by atoms with E-state index in [1.807, 2.05) is 6.92 Å². The predicted octanol–water partition coefficient (Wildman–Crippen LogP) is 4.34. The van der Waals surface area contributed by atoms with E-state index in [1.165, 1.54) is 0 Å². The number of hydrogen-bond donors (Lipinski definition) is 3. The number of anilines is 2. The van der Waals surface area contributed by atoms with Crippen LogP contribution >= 0.6 is 11.6 Å². The van der Waals surface area contributed by atoms with Gasteiger partial charge in [-0.1, -0.05) is 11.6 Å². The maximum atomic E-state index is 12.5. The number of hydrogen-bond acceptors (Lipinski definition) is 4. The fraction of sp³-hybridized carbons (Fsp3) is 0.350. The summed E-state index contributed by atoms with van der Waals surface area (Å²) in [4.78, 5) is 28.0. The Morgan fingerprint density at radius 1 is 1.26 bits per heavy atom. The highest BCUT2D eigenvalue weighted by atomic mass is 35.5. The molecule has 2 aliphatic carbocycles. The third kappa shape index (κ3) is 3.76. The van der Waals surface area contributed by atoms with Crippen molar-refractivity contribution in [3.63, 3.8) is 0 Å². The summed E-state index contributed by atoms with van der Waals surface area (Å²) < 4.78 is 0. The molecule has 3 N–H and O–H groups in total. The van der Waals surface area contributed by atoms with Crippen molar-refractivity contribution in [1.29, 1.82) is 0 Å². The minimum atomic E-state index is -0.952. The number of carbonyl (C=O) groups excluding carboxylic acids is 1. The highest BCUT2D eigenvalue weighted by Gasteiger charge is 2.39. The van der Waals surface area contributed by atoms with Gasteiger partial charge in [-0.25, -0.2) is 9.78 Å². The number of carbonyl (C=O) groups is 2. The van der Waals surface area contributed by atoms with Gasteiger partial charge in [-0.3, -0.25) is 4.79 Å². The Hall–Kier alpha value is -2.60. The first-order valence-electron chi connectivity index (χ1n) is 8.97. The van der Waals surface area contributed by atoms with Gasteiger partial charge in [0.2, 0.25) is 0 Å². The first-order chi connectivity index (χ1) is 12.9. The summed E-state index contributed by atoms with van der Waals surface area (Å²) in [6.45, 7) is 2.01. The number of nitrogens with zero attached hydrogens (tertiary/aromatic N) is 1. The number of carboxylic acid groups (broad SMARTS) is 1. The zero-order valence-electron chi connectivity index (χ0n) is 14.9. The van der Waals surface area contributed by atoms with Crippen LogP contribution in [0.5, 0.6) is 0 Å². The van der Waals surface area contributed by atoms with E-state index in [0.717, 1.165) is 36.9 Å². The van der Waals surface area contributed by atoms with Crippen molar-refractivity contribution in [2.45, 2.75) is 44.1 Å². The molecule has 0 radical (unpaired) electrons. The summed E-state index contributed by atoms with van der Waals surface area (Å²) in [7, 11) is 0. The van der Waals surface area contributed by atoms with E-state index in [-0.39, 0.29) is 22.0 Å². The lowest BCUT2D eigenvalue weighted by molar-refractivity contribution is 0.0696. The number of amides is 1. The Morgan fingerprint density at radius 3 is 2.63 bits per heavy atom. The standard InChI is InChI=1S/C20H20ClN3O3/c1-20(7-8-20)24-18(25)13-6-9-22-17(16(13)21)23-15-5-4-12(19(26)27)10-14(15)11-2-3-11/h4-6,9-11H,2-3,7-8H2,1H3,(H,22,23)(H,24,25)(H,26,27). The molecular formula is C20H20ClN3O3. The molecule has 0 unspecified atom stereocenters. The highest BCUT2D eigenvalue weighted by Crippen LogP contribution is 2.44. The topological polar surface area (TPSA) is 91.3 Å². The van der Waals surface area contributed by atoms with Crippen molar-refractivity contribution in [3.8, 4) is 0 Å². The molecule has 1 aromatic carbocycles. The summed E-state index contributed by atoms with van der Waals surface area (Å²) in [6.07, 6.45) is 5.53. The summed E-state index contributed by atoms with van der Waals surface area (Å²) in [5.74, 6) is -0.442. The van der Waals surface area contributed by atoms with Crippen LogP contribution in [0.25, 0.3) is 0 Å². The third-order valence-electron chi connectivity index (χ3n) is 5.12. The van der Waals surface area contributed by atoms with E-state index in [9.17, 15) is 14.7 Å². The Morgan fingerprint density at radius 2 is 2.00 bits per heavy atom. The zero-order valence-corrected chi connectivity index (χ0v) is 15.6. The second kappa shape index (κ2) is 6.53. The molecule has 27 heavy (non-hydrogen) atoms. The molecule has 1 heterocycles. The number of benzene rings is 1. The molecule has 2 aliphatic rings. The van der Waals surface area contributed by atoms with Crippen molar-refractivity contribution in [2.24, 2.45) is 0 Å². The fourth-order valence-electron chi connectivity index (χ4n) is 3.03. The molecule has 1 amide bonds. The maximum absolute atomic E-state index is 12.5. The molecule has 0 saturated heterocycles. The second-order valence-electron chi connectivity index (χ2n) is 7.54. The summed E-state index contributed by atoms with van der Waals surface area (Å²) in [6, 6.07) is 6.58. The summed E-state index contributed by atoms with van der Waals surface area (Å²) in [5.41, 5.74) is 2.20. The Kier molecular flexibility index (Phi) is 4.30. The first kappa shape index (κ1) is 17.8. The quantitative estimate of drug-likeness (QED) is 0.688. The van der Waals surface area contributed by atoms with Gasteiger partial charge in [-0.15, -0.1) is 0 Å². The third-order valence-corrected chi connectivity index (χ3v) is 5.50. The van der Waals surface area contributed by atoms with Crippen molar-refractivity contribution >= 4 is 35.0 Å². The van der Waals surface area contributed by atoms with Gasteiger partial charge in [0.05, 0.1) is 16.1 Å². The minimum Gasteiger partial charge on any atom is -0.478 e. The Labute approximate surface area is 162 Å². The largest absolute Gasteiger partial charge is 0.478 e. The van der Waals surface area contributed by atoms with Crippen molar-refractivity contribution in [2.75, 3.05) is 5.32 Å². The van der Waals surface area contributed by atoms with Gasteiger partial charge in [0.15, 0.2) is 0 Å². The van der Waals surface area contributed by atoms with Crippen molar-refractivity contribution in [3.05, 3.63) is 52.2 Å². The molecule has 7 heteroatoms. The molecule has 2 fully saturated rings. The van der Waals surface area contributed by atoms with Crippen LogP contribution in [0.3, 0.4) is 0 Å². The van der Waals surface area contributed by atoms with Gasteiger partial charge in [0, 0.05) is 17.4 Å². The van der Waals surface area contributed by atoms with E-state index >= 15 is 0 Å². The van der Waals surface area contributed by atoms with Gasteiger partial charge in [-0.05, 0) is 68.4 Å². The average molecular weight is 386 g/mol. The molecule has 0 atom stereocenters. The second-order valence-corrected chi connectivity index (χ2v) is 7.92. The van der Waals surface area contributed by atoms with E-state index in [0.29, 0.717) is 17.3 Å². The number of aromatic nitrogens is 1. The van der Waals surface area contributed by atoms with E-state index in [1.54, 1.807) is 30.5 Å². The molecular weight excluding hydrogens is 366 g/mol. The predicted molar refractivity (Wildman–Crippen MR) is 103 cm³/mol. The molecule has 2 aromatic rings. The lowest BCUT2D eigenvalue weighted by Gasteiger charge is -2.16. The van der Waals surface area contributed by atoms with Crippen LogP contribution in [0.15, 0.2) is 30.5 Å². The zero-order chi connectivity index (χ0) is 19.2. The van der Waals surface area contributed by atoms with Crippen molar-refractivity contribution < 1.29 is 14.7 Å². The number of pyridine rings is 1. The van der Waals surface area contributed by atoms with Crippen LogP contribution < -0.4 is 10.6 Å². The van der Waals surface area contributed by atoms with Crippen LogP contribution in [-0.4, -0.2) is 27.5 Å². The lowest BCUT2D eigenvalue weighted by Crippen LogP contribution is -2.34. The number of rotatable bonds is 6. The Balaban J connectivity index is 1.62. The Bertz CT molecular complexity index is 936. The van der Waals surface area contributed by atoms with Crippen LogP contribution in [-0.2, 0) is 0 Å².